The molecular weight excluding hydrogens is 404 g/mol. The molecule has 1 aromatic carbocycles. The van der Waals surface area contributed by atoms with Crippen LogP contribution in [0.4, 0.5) is 5.82 Å². The Hall–Kier alpha value is -3.26. The summed E-state index contributed by atoms with van der Waals surface area (Å²) in [6.45, 7) is 6.67. The van der Waals surface area contributed by atoms with E-state index in [1.165, 1.54) is 0 Å². The number of hydrogen-bond acceptors (Lipinski definition) is 6. The number of benzene rings is 1. The lowest BCUT2D eigenvalue weighted by molar-refractivity contribution is -0.121. The van der Waals surface area contributed by atoms with Gasteiger partial charge in [0.05, 0.1) is 10.9 Å². The van der Waals surface area contributed by atoms with E-state index >= 15 is 0 Å². The zero-order valence-electron chi connectivity index (χ0n) is 18.5. The van der Waals surface area contributed by atoms with Gasteiger partial charge in [0.1, 0.15) is 11.6 Å². The van der Waals surface area contributed by atoms with Gasteiger partial charge in [-0.15, -0.1) is 0 Å². The third-order valence-corrected chi connectivity index (χ3v) is 5.76. The van der Waals surface area contributed by atoms with Crippen LogP contribution < -0.4 is 15.8 Å². The van der Waals surface area contributed by atoms with Crippen LogP contribution in [-0.2, 0) is 11.2 Å². The summed E-state index contributed by atoms with van der Waals surface area (Å²) in [4.78, 5) is 40.9. The lowest BCUT2D eigenvalue weighted by Gasteiger charge is -2.36. The number of amides is 1. The maximum atomic E-state index is 12.4. The number of piperazine rings is 1. The monoisotopic (exact) mass is 434 g/mol. The first-order valence-electron chi connectivity index (χ1n) is 11.2. The first kappa shape index (κ1) is 22.0. The van der Waals surface area contributed by atoms with Crippen molar-refractivity contribution < 1.29 is 4.79 Å². The summed E-state index contributed by atoms with van der Waals surface area (Å²) < 4.78 is 0. The summed E-state index contributed by atoms with van der Waals surface area (Å²) in [5.74, 6) is 1.68. The fourth-order valence-corrected chi connectivity index (χ4v) is 4.15. The number of para-hydroxylation sites is 1. The molecule has 0 saturated carbocycles. The Kier molecular flexibility index (Phi) is 7.11. The summed E-state index contributed by atoms with van der Waals surface area (Å²) >= 11 is 0. The minimum absolute atomic E-state index is 0.0350. The molecule has 1 aliphatic rings. The van der Waals surface area contributed by atoms with Crippen LogP contribution in [0.1, 0.15) is 25.6 Å². The predicted octanol–water partition coefficient (Wildman–Crippen LogP) is 1.97. The van der Waals surface area contributed by atoms with Crippen LogP contribution in [0.25, 0.3) is 10.9 Å². The second-order valence-corrected chi connectivity index (χ2v) is 8.33. The average molecular weight is 435 g/mol. The molecule has 2 N–H and O–H groups in total. The molecule has 0 spiro atoms. The van der Waals surface area contributed by atoms with Gasteiger partial charge in [0, 0.05) is 57.8 Å². The van der Waals surface area contributed by atoms with E-state index in [0.717, 1.165) is 38.5 Å². The van der Waals surface area contributed by atoms with Crippen molar-refractivity contribution >= 4 is 22.6 Å². The third-order valence-electron chi connectivity index (χ3n) is 5.76. The minimum Gasteiger partial charge on any atom is -0.354 e. The van der Waals surface area contributed by atoms with Crippen LogP contribution in [0.15, 0.2) is 53.5 Å². The summed E-state index contributed by atoms with van der Waals surface area (Å²) in [6, 6.07) is 13.4. The Morgan fingerprint density at radius 2 is 1.91 bits per heavy atom. The fourth-order valence-electron chi connectivity index (χ4n) is 4.15. The van der Waals surface area contributed by atoms with E-state index in [0.29, 0.717) is 36.0 Å². The number of carbonyl (C=O) groups excluding carboxylic acids is 1. The van der Waals surface area contributed by atoms with Crippen LogP contribution in [0.5, 0.6) is 0 Å². The molecule has 3 aromatic rings. The van der Waals surface area contributed by atoms with Gasteiger partial charge in [0.2, 0.25) is 5.91 Å². The molecule has 168 valence electrons. The van der Waals surface area contributed by atoms with E-state index < -0.39 is 0 Å². The van der Waals surface area contributed by atoms with Crippen molar-refractivity contribution in [2.24, 2.45) is 0 Å². The van der Waals surface area contributed by atoms with Gasteiger partial charge < -0.3 is 15.2 Å². The molecular formula is C24H30N6O2. The summed E-state index contributed by atoms with van der Waals surface area (Å²) in [7, 11) is 0. The van der Waals surface area contributed by atoms with Crippen molar-refractivity contribution in [1.29, 1.82) is 0 Å². The van der Waals surface area contributed by atoms with Crippen LogP contribution in [0.2, 0.25) is 0 Å². The number of rotatable bonds is 8. The molecule has 2 aromatic heterocycles. The van der Waals surface area contributed by atoms with Crippen molar-refractivity contribution in [3.63, 3.8) is 0 Å². The highest BCUT2D eigenvalue weighted by molar-refractivity contribution is 5.77. The molecule has 1 aliphatic heterocycles. The number of fused-ring (bicyclic) bond motifs is 1. The molecule has 8 heteroatoms. The largest absolute Gasteiger partial charge is 0.354 e. The number of aromatic amines is 1. The van der Waals surface area contributed by atoms with E-state index in [4.69, 9.17) is 0 Å². The number of pyridine rings is 1. The molecule has 0 radical (unpaired) electrons. The SMILES string of the molecule is CC(CN1CCN(c2ccccn2)CC1)NC(=O)CCCc1nc2ccccc2c(=O)[nH]1. The van der Waals surface area contributed by atoms with Crippen molar-refractivity contribution in [3.05, 3.63) is 64.8 Å². The number of hydrogen-bond donors (Lipinski definition) is 2. The molecule has 1 atom stereocenters. The van der Waals surface area contributed by atoms with Gasteiger partial charge in [-0.25, -0.2) is 9.97 Å². The van der Waals surface area contributed by atoms with Crippen LogP contribution in [0.3, 0.4) is 0 Å². The van der Waals surface area contributed by atoms with E-state index in [1.54, 1.807) is 6.07 Å². The fraction of sp³-hybridized carbons (Fsp3) is 0.417. The zero-order valence-corrected chi connectivity index (χ0v) is 18.5. The Morgan fingerprint density at radius 1 is 1.12 bits per heavy atom. The molecule has 3 heterocycles. The molecule has 0 aliphatic carbocycles. The number of carbonyl (C=O) groups is 1. The minimum atomic E-state index is -0.133. The molecule has 1 fully saturated rings. The summed E-state index contributed by atoms with van der Waals surface area (Å²) in [6.07, 6.45) is 3.45. The second kappa shape index (κ2) is 10.4. The quantitative estimate of drug-likeness (QED) is 0.563. The van der Waals surface area contributed by atoms with E-state index in [9.17, 15) is 9.59 Å². The summed E-state index contributed by atoms with van der Waals surface area (Å²) in [5, 5.41) is 3.69. The molecule has 8 nitrogen and oxygen atoms in total. The van der Waals surface area contributed by atoms with Gasteiger partial charge in [-0.05, 0) is 37.6 Å². The smallest absolute Gasteiger partial charge is 0.258 e. The van der Waals surface area contributed by atoms with Gasteiger partial charge in [-0.2, -0.15) is 0 Å². The highest BCUT2D eigenvalue weighted by atomic mass is 16.1. The van der Waals surface area contributed by atoms with Crippen LogP contribution in [0, 0.1) is 0 Å². The molecule has 32 heavy (non-hydrogen) atoms. The van der Waals surface area contributed by atoms with Gasteiger partial charge in [-0.1, -0.05) is 18.2 Å². The molecule has 1 unspecified atom stereocenters. The van der Waals surface area contributed by atoms with Crippen molar-refractivity contribution in [3.8, 4) is 0 Å². The topological polar surface area (TPSA) is 94.2 Å². The lowest BCUT2D eigenvalue weighted by Crippen LogP contribution is -2.51. The number of nitrogens with one attached hydrogen (secondary N) is 2. The Bertz CT molecular complexity index is 1090. The van der Waals surface area contributed by atoms with Crippen LogP contribution >= 0.6 is 0 Å². The molecule has 0 bridgehead atoms. The molecule has 1 saturated heterocycles. The first-order chi connectivity index (χ1) is 15.6. The second-order valence-electron chi connectivity index (χ2n) is 8.33. The highest BCUT2D eigenvalue weighted by Gasteiger charge is 2.20. The molecule has 4 rings (SSSR count). The highest BCUT2D eigenvalue weighted by Crippen LogP contribution is 2.13. The van der Waals surface area contributed by atoms with Gasteiger partial charge >= 0.3 is 0 Å². The molecule has 1 amide bonds. The Morgan fingerprint density at radius 3 is 2.69 bits per heavy atom. The predicted molar refractivity (Wildman–Crippen MR) is 126 cm³/mol. The number of nitrogens with zero attached hydrogens (tertiary/aromatic N) is 4. The number of aryl methyl sites for hydroxylation is 1. The van der Waals surface area contributed by atoms with Gasteiger partial charge in [0.25, 0.3) is 5.56 Å². The standard InChI is InChI=1S/C24H30N6O2/c1-18(17-29-13-15-30(16-14-29)22-10-4-5-12-25-22)26-23(31)11-6-9-21-27-20-8-3-2-7-19(20)24(32)28-21/h2-5,7-8,10,12,18H,6,9,11,13-17H2,1H3,(H,26,31)(H,27,28,32). The third kappa shape index (κ3) is 5.70. The van der Waals surface area contributed by atoms with Crippen molar-refractivity contribution in [2.75, 3.05) is 37.6 Å². The Balaban J connectivity index is 1.17. The van der Waals surface area contributed by atoms with Crippen molar-refractivity contribution in [2.45, 2.75) is 32.2 Å². The number of aromatic nitrogens is 3. The first-order valence-corrected chi connectivity index (χ1v) is 11.2. The lowest BCUT2D eigenvalue weighted by atomic mass is 10.2. The van der Waals surface area contributed by atoms with E-state index in [-0.39, 0.29) is 17.5 Å². The van der Waals surface area contributed by atoms with Crippen LogP contribution in [-0.4, -0.2) is 64.5 Å². The zero-order chi connectivity index (χ0) is 22.3. The maximum Gasteiger partial charge on any atom is 0.258 e. The maximum absolute atomic E-state index is 12.4. The van der Waals surface area contributed by atoms with Gasteiger partial charge in [-0.3, -0.25) is 14.5 Å². The number of anilines is 1. The normalized spacial score (nSPS) is 15.6. The van der Waals surface area contributed by atoms with Crippen molar-refractivity contribution in [1.82, 2.24) is 25.2 Å². The van der Waals surface area contributed by atoms with Gasteiger partial charge in [0.15, 0.2) is 0 Å². The number of H-pyrrole nitrogens is 1. The van der Waals surface area contributed by atoms with E-state index in [2.05, 4.69) is 30.1 Å². The summed E-state index contributed by atoms with van der Waals surface area (Å²) in [5.41, 5.74) is 0.555. The van der Waals surface area contributed by atoms with E-state index in [1.807, 2.05) is 49.5 Å². The Labute approximate surface area is 187 Å². The average Bonchev–Trinajstić information content (AvgIpc) is 2.80.